The summed E-state index contributed by atoms with van der Waals surface area (Å²) in [5.41, 5.74) is -1.42. The van der Waals surface area contributed by atoms with Gasteiger partial charge in [0.2, 0.25) is 11.6 Å². The molecule has 1 N–H and O–H groups in total. The van der Waals surface area contributed by atoms with E-state index in [9.17, 15) is 14.4 Å². The fraction of sp³-hybridized carbons (Fsp3) is 0.727. The van der Waals surface area contributed by atoms with Crippen molar-refractivity contribution in [3.05, 3.63) is 0 Å². The van der Waals surface area contributed by atoms with Gasteiger partial charge in [-0.3, -0.25) is 14.4 Å². The molecule has 0 aliphatic heterocycles. The zero-order valence-electron chi connectivity index (χ0n) is 8.87. The molecule has 2 atom stereocenters. The molecular formula is C11H14O4. The van der Waals surface area contributed by atoms with E-state index >= 15 is 0 Å². The normalized spacial score (nSPS) is 37.3. The summed E-state index contributed by atoms with van der Waals surface area (Å²) in [7, 11) is 0. The van der Waals surface area contributed by atoms with Crippen molar-refractivity contribution in [3.63, 3.8) is 0 Å². The molecule has 2 unspecified atom stereocenters. The van der Waals surface area contributed by atoms with Gasteiger partial charge < -0.3 is 5.11 Å². The molecule has 2 rings (SSSR count). The predicted molar refractivity (Wildman–Crippen MR) is 51.2 cm³/mol. The van der Waals surface area contributed by atoms with Gasteiger partial charge in [-0.2, -0.15) is 0 Å². The molecule has 0 saturated heterocycles. The molecular weight excluding hydrogens is 196 g/mol. The van der Waals surface area contributed by atoms with E-state index in [2.05, 4.69) is 0 Å². The quantitative estimate of drug-likeness (QED) is 0.691. The zero-order chi connectivity index (χ0) is 11.4. The molecule has 2 aliphatic carbocycles. The summed E-state index contributed by atoms with van der Waals surface area (Å²) in [4.78, 5) is 34.3. The molecule has 0 aromatic heterocycles. The second kappa shape index (κ2) is 2.68. The molecule has 2 aliphatic rings. The molecule has 0 aromatic rings. The summed E-state index contributed by atoms with van der Waals surface area (Å²) in [6.45, 7) is 3.69. The molecule has 0 spiro atoms. The van der Waals surface area contributed by atoms with E-state index in [1.54, 1.807) is 0 Å². The van der Waals surface area contributed by atoms with Crippen LogP contribution in [0.1, 0.15) is 33.1 Å². The maximum Gasteiger partial charge on any atom is 0.304 e. The van der Waals surface area contributed by atoms with E-state index in [1.807, 2.05) is 13.8 Å². The van der Waals surface area contributed by atoms with Crippen LogP contribution in [0, 0.1) is 16.7 Å². The molecule has 0 amide bonds. The number of carbonyl (C=O) groups excluding carboxylic acids is 2. The van der Waals surface area contributed by atoms with Crippen LogP contribution in [0.15, 0.2) is 0 Å². The third-order valence-electron chi connectivity index (χ3n) is 4.39. The third-order valence-corrected chi connectivity index (χ3v) is 4.39. The summed E-state index contributed by atoms with van der Waals surface area (Å²) in [5, 5.41) is 8.86. The Hall–Kier alpha value is -1.19. The number of fused-ring (bicyclic) bond motifs is 2. The minimum Gasteiger partial charge on any atom is -0.481 e. The van der Waals surface area contributed by atoms with Gasteiger partial charge in [0.05, 0.1) is 11.8 Å². The van der Waals surface area contributed by atoms with Crippen molar-refractivity contribution in [2.45, 2.75) is 33.1 Å². The van der Waals surface area contributed by atoms with Gasteiger partial charge in [-0.05, 0) is 18.3 Å². The van der Waals surface area contributed by atoms with E-state index in [0.29, 0.717) is 12.8 Å². The fourth-order valence-electron chi connectivity index (χ4n) is 3.32. The predicted octanol–water partition coefficient (Wildman–Crippen LogP) is 1.04. The summed E-state index contributed by atoms with van der Waals surface area (Å²) in [5.74, 6) is -2.06. The van der Waals surface area contributed by atoms with E-state index in [1.165, 1.54) is 0 Å². The number of carboxylic acid groups (broad SMARTS) is 1. The van der Waals surface area contributed by atoms with Gasteiger partial charge >= 0.3 is 5.97 Å². The Morgan fingerprint density at radius 2 is 2.07 bits per heavy atom. The molecule has 15 heavy (non-hydrogen) atoms. The second-order valence-corrected chi connectivity index (χ2v) is 5.16. The maximum atomic E-state index is 11.8. The van der Waals surface area contributed by atoms with Crippen molar-refractivity contribution in [2.24, 2.45) is 16.7 Å². The minimum atomic E-state index is -0.994. The van der Waals surface area contributed by atoms with Crippen molar-refractivity contribution in [1.29, 1.82) is 0 Å². The smallest absolute Gasteiger partial charge is 0.304 e. The molecule has 0 aromatic carbocycles. The third kappa shape index (κ3) is 0.994. The first kappa shape index (κ1) is 10.3. The molecule has 2 saturated carbocycles. The average Bonchev–Trinajstić information content (AvgIpc) is 2.41. The van der Waals surface area contributed by atoms with Crippen LogP contribution in [0.25, 0.3) is 0 Å². The van der Waals surface area contributed by atoms with Crippen LogP contribution in [-0.2, 0) is 14.4 Å². The number of carboxylic acids is 1. The Morgan fingerprint density at radius 1 is 1.47 bits per heavy atom. The maximum absolute atomic E-state index is 11.8. The lowest BCUT2D eigenvalue weighted by atomic mass is 9.67. The molecule has 82 valence electrons. The van der Waals surface area contributed by atoms with Crippen LogP contribution in [0.2, 0.25) is 0 Å². The number of ketones is 2. The van der Waals surface area contributed by atoms with Crippen LogP contribution in [-0.4, -0.2) is 22.6 Å². The lowest BCUT2D eigenvalue weighted by Crippen LogP contribution is -2.39. The van der Waals surface area contributed by atoms with Gasteiger partial charge in [0.1, 0.15) is 0 Å². The number of hydrogen-bond acceptors (Lipinski definition) is 3. The van der Waals surface area contributed by atoms with Crippen LogP contribution < -0.4 is 0 Å². The van der Waals surface area contributed by atoms with Crippen LogP contribution in [0.4, 0.5) is 0 Å². The summed E-state index contributed by atoms with van der Waals surface area (Å²) < 4.78 is 0. The van der Waals surface area contributed by atoms with E-state index in [0.717, 1.165) is 0 Å². The highest BCUT2D eigenvalue weighted by Gasteiger charge is 2.69. The van der Waals surface area contributed by atoms with E-state index in [4.69, 9.17) is 5.11 Å². The highest BCUT2D eigenvalue weighted by Crippen LogP contribution is 2.63. The van der Waals surface area contributed by atoms with Crippen LogP contribution >= 0.6 is 0 Å². The molecule has 0 radical (unpaired) electrons. The number of aliphatic carboxylic acids is 1. The fourth-order valence-corrected chi connectivity index (χ4v) is 3.32. The number of rotatable bonds is 2. The monoisotopic (exact) mass is 210 g/mol. The molecule has 2 fully saturated rings. The highest BCUT2D eigenvalue weighted by atomic mass is 16.4. The first-order valence-electron chi connectivity index (χ1n) is 5.13. The zero-order valence-corrected chi connectivity index (χ0v) is 8.87. The largest absolute Gasteiger partial charge is 0.481 e. The Morgan fingerprint density at radius 3 is 2.47 bits per heavy atom. The minimum absolute atomic E-state index is 0.207. The molecule has 0 heterocycles. The van der Waals surface area contributed by atoms with E-state index < -0.39 is 22.6 Å². The Labute approximate surface area is 87.7 Å². The first-order chi connectivity index (χ1) is 6.83. The SMILES string of the molecule is CC1(C)C2CCC1(CC(=O)O)C(=O)C2=O. The van der Waals surface area contributed by atoms with Gasteiger partial charge in [0.15, 0.2) is 0 Å². The highest BCUT2D eigenvalue weighted by molar-refractivity contribution is 6.43. The second-order valence-electron chi connectivity index (χ2n) is 5.16. The number of Topliss-reactive ketones (excluding diaryl/α,β-unsaturated/α-hetero) is 2. The Kier molecular flexibility index (Phi) is 1.85. The number of carbonyl (C=O) groups is 3. The molecule has 4 heteroatoms. The van der Waals surface area contributed by atoms with Crippen molar-refractivity contribution >= 4 is 17.5 Å². The van der Waals surface area contributed by atoms with Gasteiger partial charge in [0.25, 0.3) is 0 Å². The summed E-state index contributed by atoms with van der Waals surface area (Å²) in [6, 6.07) is 0. The summed E-state index contributed by atoms with van der Waals surface area (Å²) >= 11 is 0. The molecule has 4 nitrogen and oxygen atoms in total. The lowest BCUT2D eigenvalue weighted by Gasteiger charge is -2.33. The number of hydrogen-bond donors (Lipinski definition) is 1. The van der Waals surface area contributed by atoms with Crippen molar-refractivity contribution < 1.29 is 19.5 Å². The Balaban J connectivity index is 2.49. The molecule has 2 bridgehead atoms. The van der Waals surface area contributed by atoms with Gasteiger partial charge in [0, 0.05) is 5.92 Å². The van der Waals surface area contributed by atoms with Crippen molar-refractivity contribution in [1.82, 2.24) is 0 Å². The summed E-state index contributed by atoms with van der Waals surface area (Å²) in [6.07, 6.45) is 0.994. The Bertz CT molecular complexity index is 369. The van der Waals surface area contributed by atoms with Crippen LogP contribution in [0.5, 0.6) is 0 Å². The van der Waals surface area contributed by atoms with Gasteiger partial charge in [-0.1, -0.05) is 13.8 Å². The lowest BCUT2D eigenvalue weighted by molar-refractivity contribution is -0.148. The van der Waals surface area contributed by atoms with Gasteiger partial charge in [-0.25, -0.2) is 0 Å². The van der Waals surface area contributed by atoms with E-state index in [-0.39, 0.29) is 18.1 Å². The van der Waals surface area contributed by atoms with Crippen molar-refractivity contribution in [2.75, 3.05) is 0 Å². The first-order valence-corrected chi connectivity index (χ1v) is 5.13. The van der Waals surface area contributed by atoms with Crippen molar-refractivity contribution in [3.8, 4) is 0 Å². The topological polar surface area (TPSA) is 71.4 Å². The van der Waals surface area contributed by atoms with Crippen LogP contribution in [0.3, 0.4) is 0 Å². The average molecular weight is 210 g/mol. The standard InChI is InChI=1S/C11H14O4/c1-10(2)6-3-4-11(10,5-7(12)13)9(15)8(6)14/h6H,3-5H2,1-2H3,(H,12,13). The van der Waals surface area contributed by atoms with Gasteiger partial charge in [-0.15, -0.1) is 0 Å².